The highest BCUT2D eigenvalue weighted by Crippen LogP contribution is 2.44. The molecule has 1 heterocycles. The SMILES string of the molecule is COC(=O)C1=CC=C(C(C)C)CCC(C)=CCC(O)C2(C)OC2CC1. The van der Waals surface area contributed by atoms with Crippen molar-refractivity contribution in [3.63, 3.8) is 0 Å². The Morgan fingerprint density at radius 1 is 1.32 bits per heavy atom. The molecule has 4 nitrogen and oxygen atoms in total. The van der Waals surface area contributed by atoms with Gasteiger partial charge in [-0.25, -0.2) is 4.79 Å². The Morgan fingerprint density at radius 2 is 2.04 bits per heavy atom. The molecule has 25 heavy (non-hydrogen) atoms. The molecular weight excluding hydrogens is 316 g/mol. The number of hydrogen-bond donors (Lipinski definition) is 1. The highest BCUT2D eigenvalue weighted by molar-refractivity contribution is 5.88. The number of rotatable bonds is 2. The van der Waals surface area contributed by atoms with Crippen LogP contribution < -0.4 is 0 Å². The van der Waals surface area contributed by atoms with Gasteiger partial charge < -0.3 is 14.6 Å². The number of ether oxygens (including phenoxy) is 2. The van der Waals surface area contributed by atoms with Crippen LogP contribution in [0, 0.1) is 5.92 Å². The van der Waals surface area contributed by atoms with Crippen LogP contribution in [0.2, 0.25) is 0 Å². The third kappa shape index (κ3) is 5.05. The van der Waals surface area contributed by atoms with Gasteiger partial charge in [-0.3, -0.25) is 0 Å². The second kappa shape index (κ2) is 8.33. The number of fused-ring (bicyclic) bond motifs is 1. The first-order valence-corrected chi connectivity index (χ1v) is 9.27. The lowest BCUT2D eigenvalue weighted by atomic mass is 9.91. The number of carbonyl (C=O) groups excluding carboxylic acids is 1. The maximum atomic E-state index is 12.1. The van der Waals surface area contributed by atoms with Gasteiger partial charge in [0.15, 0.2) is 0 Å². The van der Waals surface area contributed by atoms with Gasteiger partial charge in [0.25, 0.3) is 0 Å². The minimum atomic E-state index is -0.513. The average Bonchev–Trinajstić information content (AvgIpc) is 3.25. The Labute approximate surface area is 151 Å². The van der Waals surface area contributed by atoms with Gasteiger partial charge >= 0.3 is 5.97 Å². The van der Waals surface area contributed by atoms with E-state index in [4.69, 9.17) is 9.47 Å². The molecule has 0 aromatic rings. The van der Waals surface area contributed by atoms with Crippen LogP contribution in [0.5, 0.6) is 0 Å². The second-order valence-corrected chi connectivity index (χ2v) is 7.71. The zero-order valence-electron chi connectivity index (χ0n) is 16.2. The number of hydrogen-bond acceptors (Lipinski definition) is 4. The topological polar surface area (TPSA) is 59.1 Å². The average molecular weight is 348 g/mol. The smallest absolute Gasteiger partial charge is 0.333 e. The van der Waals surface area contributed by atoms with Crippen LogP contribution >= 0.6 is 0 Å². The third-order valence-electron chi connectivity index (χ3n) is 5.50. The standard InChI is InChI=1S/C21H32O4/c1-14(2)16-8-6-15(3)7-12-18(22)21(4)19(25-21)13-11-17(10-9-16)20(23)24-5/h7,9-10,14,18-19,22H,6,8,11-13H2,1-5H3. The summed E-state index contributed by atoms with van der Waals surface area (Å²) < 4.78 is 10.7. The van der Waals surface area contributed by atoms with E-state index in [0.29, 0.717) is 30.8 Å². The molecule has 0 spiro atoms. The Balaban J connectivity index is 2.28. The quantitative estimate of drug-likeness (QED) is 0.464. The predicted molar refractivity (Wildman–Crippen MR) is 99.1 cm³/mol. The molecule has 1 fully saturated rings. The fourth-order valence-corrected chi connectivity index (χ4v) is 3.34. The van der Waals surface area contributed by atoms with Crippen LogP contribution in [-0.4, -0.2) is 36.0 Å². The van der Waals surface area contributed by atoms with Crippen LogP contribution in [0.25, 0.3) is 0 Å². The van der Waals surface area contributed by atoms with Crippen LogP contribution in [0.15, 0.2) is 34.9 Å². The molecule has 1 N–H and O–H groups in total. The van der Waals surface area contributed by atoms with Crippen LogP contribution in [0.1, 0.15) is 59.8 Å². The number of carbonyl (C=O) groups is 1. The number of aliphatic hydroxyl groups is 1. The number of aliphatic hydroxyl groups excluding tert-OH is 1. The molecule has 3 atom stereocenters. The summed E-state index contributed by atoms with van der Waals surface area (Å²) in [7, 11) is 1.41. The lowest BCUT2D eigenvalue weighted by Gasteiger charge is -2.16. The zero-order valence-corrected chi connectivity index (χ0v) is 16.2. The zero-order chi connectivity index (χ0) is 18.6. The maximum Gasteiger partial charge on any atom is 0.333 e. The van der Waals surface area contributed by atoms with Crippen molar-refractivity contribution in [1.29, 1.82) is 0 Å². The van der Waals surface area contributed by atoms with E-state index < -0.39 is 11.7 Å². The maximum absolute atomic E-state index is 12.1. The van der Waals surface area contributed by atoms with E-state index in [1.54, 1.807) is 0 Å². The van der Waals surface area contributed by atoms with Gasteiger partial charge in [0.2, 0.25) is 0 Å². The van der Waals surface area contributed by atoms with Crippen molar-refractivity contribution in [2.24, 2.45) is 5.92 Å². The van der Waals surface area contributed by atoms with Gasteiger partial charge in [-0.15, -0.1) is 0 Å². The fraction of sp³-hybridized carbons (Fsp3) is 0.667. The van der Waals surface area contributed by atoms with E-state index in [1.807, 2.05) is 13.0 Å². The summed E-state index contributed by atoms with van der Waals surface area (Å²) in [4.78, 5) is 12.1. The van der Waals surface area contributed by atoms with Gasteiger partial charge in [-0.2, -0.15) is 0 Å². The molecule has 3 unspecified atom stereocenters. The molecule has 2 aliphatic rings. The van der Waals surface area contributed by atoms with E-state index >= 15 is 0 Å². The molecule has 0 bridgehead atoms. The summed E-state index contributed by atoms with van der Waals surface area (Å²) in [6.07, 6.45) is 9.42. The highest BCUT2D eigenvalue weighted by atomic mass is 16.6. The summed E-state index contributed by atoms with van der Waals surface area (Å²) in [5.41, 5.74) is 2.76. The number of methoxy groups -OCH3 is 1. The predicted octanol–water partition coefficient (Wildman–Crippen LogP) is 4.10. The van der Waals surface area contributed by atoms with Crippen molar-refractivity contribution in [3.8, 4) is 0 Å². The molecule has 0 amide bonds. The Kier molecular flexibility index (Phi) is 6.64. The van der Waals surface area contributed by atoms with E-state index in [-0.39, 0.29) is 12.1 Å². The fourth-order valence-electron chi connectivity index (χ4n) is 3.34. The first-order chi connectivity index (χ1) is 11.8. The van der Waals surface area contributed by atoms with Gasteiger partial charge in [-0.1, -0.05) is 43.2 Å². The molecule has 1 saturated heterocycles. The molecule has 0 radical (unpaired) electrons. The van der Waals surface area contributed by atoms with E-state index in [0.717, 1.165) is 12.8 Å². The van der Waals surface area contributed by atoms with Crippen molar-refractivity contribution in [1.82, 2.24) is 0 Å². The number of allylic oxidation sites excluding steroid dienone is 4. The van der Waals surface area contributed by atoms with E-state index in [9.17, 15) is 9.90 Å². The Bertz CT molecular complexity index is 585. The summed E-state index contributed by atoms with van der Waals surface area (Å²) in [5, 5.41) is 10.5. The van der Waals surface area contributed by atoms with Crippen molar-refractivity contribution < 1.29 is 19.4 Å². The van der Waals surface area contributed by atoms with E-state index in [2.05, 4.69) is 32.9 Å². The first kappa shape index (κ1) is 19.9. The van der Waals surface area contributed by atoms with Crippen molar-refractivity contribution >= 4 is 5.97 Å². The van der Waals surface area contributed by atoms with E-state index in [1.165, 1.54) is 18.3 Å². The largest absolute Gasteiger partial charge is 0.466 e. The van der Waals surface area contributed by atoms with Crippen molar-refractivity contribution in [2.45, 2.75) is 77.6 Å². The Morgan fingerprint density at radius 3 is 2.68 bits per heavy atom. The second-order valence-electron chi connectivity index (χ2n) is 7.71. The lowest BCUT2D eigenvalue weighted by Crippen LogP contribution is -2.28. The molecule has 2 rings (SSSR count). The monoisotopic (exact) mass is 348 g/mol. The van der Waals surface area contributed by atoms with Gasteiger partial charge in [-0.05, 0) is 51.9 Å². The number of epoxide rings is 1. The van der Waals surface area contributed by atoms with Crippen LogP contribution in [0.3, 0.4) is 0 Å². The molecule has 1 aliphatic carbocycles. The summed E-state index contributed by atoms with van der Waals surface area (Å²) in [6, 6.07) is 0. The highest BCUT2D eigenvalue weighted by Gasteiger charge is 2.56. The molecule has 0 aromatic heterocycles. The minimum Gasteiger partial charge on any atom is -0.466 e. The molecular formula is C21H32O4. The van der Waals surface area contributed by atoms with Crippen LogP contribution in [0.4, 0.5) is 0 Å². The summed E-state index contributed by atoms with van der Waals surface area (Å²) in [5.74, 6) is 0.141. The molecule has 4 heteroatoms. The van der Waals surface area contributed by atoms with Crippen molar-refractivity contribution in [3.05, 3.63) is 34.9 Å². The summed E-state index contributed by atoms with van der Waals surface area (Å²) >= 11 is 0. The van der Waals surface area contributed by atoms with Gasteiger partial charge in [0.05, 0.1) is 19.3 Å². The lowest BCUT2D eigenvalue weighted by molar-refractivity contribution is -0.136. The molecule has 1 aliphatic heterocycles. The van der Waals surface area contributed by atoms with Gasteiger partial charge in [0, 0.05) is 5.57 Å². The summed E-state index contributed by atoms with van der Waals surface area (Å²) in [6.45, 7) is 8.41. The molecule has 0 saturated carbocycles. The normalized spacial score (nSPS) is 31.2. The Hall–Kier alpha value is -1.39. The minimum absolute atomic E-state index is 0.0132. The van der Waals surface area contributed by atoms with Crippen LogP contribution in [-0.2, 0) is 14.3 Å². The molecule has 140 valence electrons. The van der Waals surface area contributed by atoms with Crippen molar-refractivity contribution in [2.75, 3.05) is 7.11 Å². The molecule has 0 aromatic carbocycles. The third-order valence-corrected chi connectivity index (χ3v) is 5.50. The first-order valence-electron chi connectivity index (χ1n) is 9.27. The van der Waals surface area contributed by atoms with Gasteiger partial charge in [0.1, 0.15) is 5.60 Å². The number of esters is 1.